The second-order valence-corrected chi connectivity index (χ2v) is 1.76. The van der Waals surface area contributed by atoms with Gasteiger partial charge in [-0.2, -0.15) is 4.98 Å². The van der Waals surface area contributed by atoms with E-state index < -0.39 is 0 Å². The molecule has 3 N–H and O–H groups in total. The van der Waals surface area contributed by atoms with Gasteiger partial charge < -0.3 is 15.3 Å². The molecule has 0 aliphatic heterocycles. The molecule has 52 valence electrons. The number of nitrogens with two attached hydrogens (primary N) is 1. The first kappa shape index (κ1) is 5.10. The summed E-state index contributed by atoms with van der Waals surface area (Å²) in [6.45, 7) is 0. The third kappa shape index (κ3) is 0.471. The Morgan fingerprint density at radius 1 is 1.70 bits per heavy atom. The molecule has 6 heteroatoms. The van der Waals surface area contributed by atoms with Crippen LogP contribution in [-0.2, 0) is 0 Å². The van der Waals surface area contributed by atoms with Gasteiger partial charge in [0, 0.05) is 0 Å². The molecule has 0 fully saturated rings. The van der Waals surface area contributed by atoms with Gasteiger partial charge >= 0.3 is 5.84 Å². The number of hydrogen-bond donors (Lipinski definition) is 2. The highest BCUT2D eigenvalue weighted by Gasteiger charge is 2.06. The first-order chi connectivity index (χ1) is 4.77. The fourth-order valence-corrected chi connectivity index (χ4v) is 0.694. The highest BCUT2D eigenvalue weighted by Crippen LogP contribution is 2.13. The van der Waals surface area contributed by atoms with Crippen molar-refractivity contribution < 1.29 is 9.52 Å². The summed E-state index contributed by atoms with van der Waals surface area (Å²) in [6, 6.07) is 0. The van der Waals surface area contributed by atoms with E-state index in [1.54, 1.807) is 0 Å². The van der Waals surface area contributed by atoms with Gasteiger partial charge in [-0.25, -0.2) is 0 Å². The van der Waals surface area contributed by atoms with E-state index in [2.05, 4.69) is 10.1 Å². The van der Waals surface area contributed by atoms with Crippen LogP contribution in [0.3, 0.4) is 0 Å². The molecule has 10 heavy (non-hydrogen) atoms. The minimum atomic E-state index is -0.112. The van der Waals surface area contributed by atoms with Crippen LogP contribution < -0.4 is 5.73 Å². The molecule has 0 saturated heterocycles. The van der Waals surface area contributed by atoms with Crippen LogP contribution in [0.15, 0.2) is 10.7 Å². The molecular formula is C4H4N4O2. The van der Waals surface area contributed by atoms with Gasteiger partial charge in [0.15, 0.2) is 6.26 Å². The number of nitrogens with zero attached hydrogens (tertiary/aromatic N) is 3. The van der Waals surface area contributed by atoms with Crippen molar-refractivity contribution in [3.05, 3.63) is 6.26 Å². The van der Waals surface area contributed by atoms with Crippen LogP contribution in [0.25, 0.3) is 5.84 Å². The highest BCUT2D eigenvalue weighted by atomic mass is 16.4. The molecule has 0 aromatic carbocycles. The third-order valence-corrected chi connectivity index (χ3v) is 1.08. The molecule has 0 spiro atoms. The first-order valence-corrected chi connectivity index (χ1v) is 2.56. The Morgan fingerprint density at radius 3 is 3.20 bits per heavy atom. The Labute approximate surface area is 54.9 Å². The number of rotatable bonds is 0. The van der Waals surface area contributed by atoms with Crippen molar-refractivity contribution in [1.82, 2.24) is 14.6 Å². The molecule has 2 heterocycles. The zero-order chi connectivity index (χ0) is 7.14. The van der Waals surface area contributed by atoms with Crippen molar-refractivity contribution in [2.75, 3.05) is 5.73 Å². The predicted molar refractivity (Wildman–Crippen MR) is 31.3 cm³/mol. The Bertz CT molecular complexity index is 362. The normalized spacial score (nSPS) is 10.8. The molecule has 0 atom stereocenters. The molecule has 2 aromatic rings. The Morgan fingerprint density at radius 2 is 2.50 bits per heavy atom. The molecule has 2 aromatic heterocycles. The average Bonchev–Trinajstić information content (AvgIpc) is 2.35. The van der Waals surface area contributed by atoms with Crippen LogP contribution in [0.2, 0.25) is 0 Å². The van der Waals surface area contributed by atoms with Gasteiger partial charge in [0.1, 0.15) is 0 Å². The molecule has 2 rings (SSSR count). The fourth-order valence-electron chi connectivity index (χ4n) is 0.694. The van der Waals surface area contributed by atoms with Gasteiger partial charge in [-0.3, -0.25) is 0 Å². The number of aromatic hydroxyl groups is 1. The lowest BCUT2D eigenvalue weighted by atomic mass is 10.9. The lowest BCUT2D eigenvalue weighted by molar-refractivity contribution is 0.434. The van der Waals surface area contributed by atoms with E-state index in [9.17, 15) is 0 Å². The van der Waals surface area contributed by atoms with Crippen molar-refractivity contribution >= 4 is 11.8 Å². The van der Waals surface area contributed by atoms with Crippen LogP contribution in [0.5, 0.6) is 5.88 Å². The summed E-state index contributed by atoms with van der Waals surface area (Å²) in [7, 11) is 0. The summed E-state index contributed by atoms with van der Waals surface area (Å²) in [6.07, 6.45) is 1.13. The topological polar surface area (TPSA) is 89.6 Å². The number of aromatic nitrogens is 3. The molecule has 0 saturated carbocycles. The summed E-state index contributed by atoms with van der Waals surface area (Å²) in [4.78, 5) is 3.64. The minimum Gasteiger partial charge on any atom is -0.491 e. The molecule has 0 bridgehead atoms. The summed E-state index contributed by atoms with van der Waals surface area (Å²) in [5.74, 6) is 0.156. The molecule has 0 aliphatic rings. The van der Waals surface area contributed by atoms with Gasteiger partial charge in [0.2, 0.25) is 5.95 Å². The summed E-state index contributed by atoms with van der Waals surface area (Å²) in [5.41, 5.74) is 5.19. The van der Waals surface area contributed by atoms with E-state index in [0.717, 1.165) is 10.8 Å². The molecular weight excluding hydrogens is 136 g/mol. The SMILES string of the molecule is Nc1nc2occ(O)n2n1. The quantitative estimate of drug-likeness (QED) is 0.520. The van der Waals surface area contributed by atoms with E-state index in [-0.39, 0.29) is 17.7 Å². The van der Waals surface area contributed by atoms with Crippen LogP contribution in [0.1, 0.15) is 0 Å². The standard InChI is InChI=1S/C4H4N4O2/c5-3-6-4-8(7-3)2(9)1-10-4/h1,9H,(H2,5,7). The van der Waals surface area contributed by atoms with Crippen LogP contribution in [0, 0.1) is 0 Å². The minimum absolute atomic E-state index is 0.0784. The Hall–Kier alpha value is -1.72. The number of nitrogen functional groups attached to an aromatic ring is 1. The van der Waals surface area contributed by atoms with Crippen molar-refractivity contribution in [3.63, 3.8) is 0 Å². The largest absolute Gasteiger partial charge is 0.491 e. The summed E-state index contributed by atoms with van der Waals surface area (Å²) in [5, 5.41) is 12.5. The second kappa shape index (κ2) is 1.41. The molecule has 0 aliphatic carbocycles. The van der Waals surface area contributed by atoms with Gasteiger partial charge in [0.05, 0.1) is 0 Å². The smallest absolute Gasteiger partial charge is 0.329 e. The van der Waals surface area contributed by atoms with Crippen LogP contribution in [-0.4, -0.2) is 19.7 Å². The van der Waals surface area contributed by atoms with E-state index in [0.29, 0.717) is 0 Å². The number of anilines is 1. The number of hydrogen-bond acceptors (Lipinski definition) is 5. The van der Waals surface area contributed by atoms with Gasteiger partial charge in [-0.1, -0.05) is 0 Å². The van der Waals surface area contributed by atoms with E-state index in [1.807, 2.05) is 0 Å². The number of fused-ring (bicyclic) bond motifs is 1. The molecule has 6 nitrogen and oxygen atoms in total. The van der Waals surface area contributed by atoms with Gasteiger partial charge in [-0.05, 0) is 0 Å². The summed E-state index contributed by atoms with van der Waals surface area (Å²) >= 11 is 0. The predicted octanol–water partition coefficient (Wildman–Crippen LogP) is -0.390. The number of oxazole rings is 1. The van der Waals surface area contributed by atoms with E-state index in [1.165, 1.54) is 0 Å². The maximum Gasteiger partial charge on any atom is 0.329 e. The lowest BCUT2D eigenvalue weighted by Gasteiger charge is -1.78. The van der Waals surface area contributed by atoms with Crippen LogP contribution >= 0.6 is 0 Å². The van der Waals surface area contributed by atoms with Crippen molar-refractivity contribution in [1.29, 1.82) is 0 Å². The van der Waals surface area contributed by atoms with E-state index in [4.69, 9.17) is 15.3 Å². The zero-order valence-electron chi connectivity index (χ0n) is 4.85. The maximum absolute atomic E-state index is 8.94. The van der Waals surface area contributed by atoms with Crippen molar-refractivity contribution in [2.45, 2.75) is 0 Å². The second-order valence-electron chi connectivity index (χ2n) is 1.76. The molecule has 0 radical (unpaired) electrons. The Balaban J connectivity index is 2.90. The van der Waals surface area contributed by atoms with Gasteiger partial charge in [0.25, 0.3) is 5.88 Å². The monoisotopic (exact) mass is 140 g/mol. The molecule has 0 unspecified atom stereocenters. The molecule has 0 amide bonds. The first-order valence-electron chi connectivity index (χ1n) is 2.56. The summed E-state index contributed by atoms with van der Waals surface area (Å²) < 4.78 is 5.84. The van der Waals surface area contributed by atoms with Crippen molar-refractivity contribution in [3.8, 4) is 5.88 Å². The highest BCUT2D eigenvalue weighted by molar-refractivity contribution is 5.33. The Kier molecular flexibility index (Phi) is 0.717. The third-order valence-electron chi connectivity index (χ3n) is 1.08. The van der Waals surface area contributed by atoms with E-state index >= 15 is 0 Å². The lowest BCUT2D eigenvalue weighted by Crippen LogP contribution is -1.87. The zero-order valence-corrected chi connectivity index (χ0v) is 4.85. The van der Waals surface area contributed by atoms with Crippen molar-refractivity contribution in [2.24, 2.45) is 0 Å². The van der Waals surface area contributed by atoms with Crippen LogP contribution in [0.4, 0.5) is 5.95 Å². The van der Waals surface area contributed by atoms with Gasteiger partial charge in [-0.15, -0.1) is 9.61 Å². The average molecular weight is 140 g/mol. The maximum atomic E-state index is 8.94. The fraction of sp³-hybridized carbons (Fsp3) is 0.